The second-order valence-electron chi connectivity index (χ2n) is 4.29. The van der Waals surface area contributed by atoms with E-state index in [1.54, 1.807) is 0 Å². The zero-order chi connectivity index (χ0) is 14.2. The van der Waals surface area contributed by atoms with Gasteiger partial charge in [-0.2, -0.15) is 0 Å². The van der Waals surface area contributed by atoms with E-state index in [9.17, 15) is 4.79 Å². The molecule has 0 aromatic heterocycles. The SMILES string of the molecule is NC(=O)OCCOc1ccccc1Cc1ccccc1. The van der Waals surface area contributed by atoms with Gasteiger partial charge in [-0.25, -0.2) is 4.79 Å². The van der Waals surface area contributed by atoms with Crippen molar-refractivity contribution in [2.75, 3.05) is 13.2 Å². The zero-order valence-corrected chi connectivity index (χ0v) is 11.1. The van der Waals surface area contributed by atoms with Crippen molar-refractivity contribution in [3.05, 3.63) is 65.7 Å². The van der Waals surface area contributed by atoms with Gasteiger partial charge in [0.1, 0.15) is 19.0 Å². The lowest BCUT2D eigenvalue weighted by Crippen LogP contribution is -2.17. The minimum atomic E-state index is -0.786. The van der Waals surface area contributed by atoms with Crippen LogP contribution in [0.25, 0.3) is 0 Å². The molecular formula is C16H17NO3. The Morgan fingerprint density at radius 3 is 2.40 bits per heavy atom. The van der Waals surface area contributed by atoms with Crippen LogP contribution in [0.2, 0.25) is 0 Å². The van der Waals surface area contributed by atoms with E-state index in [4.69, 9.17) is 10.5 Å². The lowest BCUT2D eigenvalue weighted by atomic mass is 10.0. The Hall–Kier alpha value is -2.49. The van der Waals surface area contributed by atoms with Gasteiger partial charge in [0, 0.05) is 6.42 Å². The van der Waals surface area contributed by atoms with E-state index in [0.29, 0.717) is 0 Å². The van der Waals surface area contributed by atoms with E-state index in [0.717, 1.165) is 17.7 Å². The molecule has 104 valence electrons. The van der Waals surface area contributed by atoms with Crippen LogP contribution in [-0.2, 0) is 11.2 Å². The molecule has 0 unspecified atom stereocenters. The molecule has 2 aromatic rings. The summed E-state index contributed by atoms with van der Waals surface area (Å²) in [6.07, 6.45) is 0.0133. The molecule has 0 aliphatic carbocycles. The van der Waals surface area contributed by atoms with Crippen LogP contribution in [0.5, 0.6) is 5.75 Å². The number of carbonyl (C=O) groups is 1. The van der Waals surface area contributed by atoms with E-state index in [1.165, 1.54) is 5.56 Å². The molecule has 0 fully saturated rings. The Kier molecular flexibility index (Phi) is 5.00. The van der Waals surface area contributed by atoms with Crippen molar-refractivity contribution in [1.82, 2.24) is 0 Å². The van der Waals surface area contributed by atoms with Gasteiger partial charge in [0.15, 0.2) is 0 Å². The third-order valence-corrected chi connectivity index (χ3v) is 2.80. The van der Waals surface area contributed by atoms with E-state index in [2.05, 4.69) is 16.9 Å². The highest BCUT2D eigenvalue weighted by Gasteiger charge is 2.04. The fourth-order valence-electron chi connectivity index (χ4n) is 1.90. The average molecular weight is 271 g/mol. The number of ether oxygens (including phenoxy) is 2. The first-order valence-electron chi connectivity index (χ1n) is 6.42. The Morgan fingerprint density at radius 2 is 1.65 bits per heavy atom. The molecule has 0 radical (unpaired) electrons. The van der Waals surface area contributed by atoms with Crippen molar-refractivity contribution >= 4 is 6.09 Å². The maximum atomic E-state index is 10.5. The van der Waals surface area contributed by atoms with Gasteiger partial charge in [0.25, 0.3) is 0 Å². The van der Waals surface area contributed by atoms with Crippen LogP contribution >= 0.6 is 0 Å². The maximum absolute atomic E-state index is 10.5. The van der Waals surface area contributed by atoms with E-state index in [1.807, 2.05) is 42.5 Å². The van der Waals surface area contributed by atoms with Gasteiger partial charge in [-0.05, 0) is 17.2 Å². The van der Waals surface area contributed by atoms with E-state index < -0.39 is 6.09 Å². The van der Waals surface area contributed by atoms with Gasteiger partial charge in [-0.3, -0.25) is 0 Å². The number of hydrogen-bond donors (Lipinski definition) is 1. The van der Waals surface area contributed by atoms with Gasteiger partial charge >= 0.3 is 6.09 Å². The van der Waals surface area contributed by atoms with Crippen molar-refractivity contribution in [2.45, 2.75) is 6.42 Å². The number of nitrogens with two attached hydrogens (primary N) is 1. The highest BCUT2D eigenvalue weighted by atomic mass is 16.6. The quantitative estimate of drug-likeness (QED) is 0.822. The van der Waals surface area contributed by atoms with Crippen LogP contribution in [0.15, 0.2) is 54.6 Å². The summed E-state index contributed by atoms with van der Waals surface area (Å²) in [5.74, 6) is 0.796. The summed E-state index contributed by atoms with van der Waals surface area (Å²) in [4.78, 5) is 10.5. The van der Waals surface area contributed by atoms with Crippen molar-refractivity contribution in [2.24, 2.45) is 5.73 Å². The Balaban J connectivity index is 1.97. The smallest absolute Gasteiger partial charge is 0.404 e. The predicted octanol–water partition coefficient (Wildman–Crippen LogP) is 2.75. The molecule has 1 amide bonds. The molecule has 0 aliphatic rings. The van der Waals surface area contributed by atoms with Crippen LogP contribution in [0.3, 0.4) is 0 Å². The summed E-state index contributed by atoms with van der Waals surface area (Å²) in [5.41, 5.74) is 7.20. The van der Waals surface area contributed by atoms with Crippen LogP contribution in [0, 0.1) is 0 Å². The molecule has 0 saturated heterocycles. The number of para-hydroxylation sites is 1. The Morgan fingerprint density at radius 1 is 0.950 bits per heavy atom. The molecule has 0 bridgehead atoms. The highest BCUT2D eigenvalue weighted by molar-refractivity contribution is 5.64. The summed E-state index contributed by atoms with van der Waals surface area (Å²) < 4.78 is 10.3. The molecule has 2 rings (SSSR count). The number of rotatable bonds is 6. The summed E-state index contributed by atoms with van der Waals surface area (Å²) in [7, 11) is 0. The molecule has 2 aromatic carbocycles. The standard InChI is InChI=1S/C16H17NO3/c17-16(18)20-11-10-19-15-9-5-4-8-14(15)12-13-6-2-1-3-7-13/h1-9H,10-12H2,(H2,17,18). The molecule has 0 aliphatic heterocycles. The van der Waals surface area contributed by atoms with Crippen LogP contribution < -0.4 is 10.5 Å². The van der Waals surface area contributed by atoms with Crippen LogP contribution in [-0.4, -0.2) is 19.3 Å². The molecule has 0 spiro atoms. The van der Waals surface area contributed by atoms with E-state index in [-0.39, 0.29) is 13.2 Å². The first kappa shape index (κ1) is 13.9. The molecule has 20 heavy (non-hydrogen) atoms. The Bertz CT molecular complexity index is 555. The second kappa shape index (κ2) is 7.19. The van der Waals surface area contributed by atoms with Gasteiger partial charge in [-0.1, -0.05) is 48.5 Å². The number of benzene rings is 2. The van der Waals surface area contributed by atoms with Crippen LogP contribution in [0.4, 0.5) is 4.79 Å². The monoisotopic (exact) mass is 271 g/mol. The summed E-state index contributed by atoms with van der Waals surface area (Å²) >= 11 is 0. The summed E-state index contributed by atoms with van der Waals surface area (Å²) in [6, 6.07) is 18.0. The molecule has 0 heterocycles. The minimum Gasteiger partial charge on any atom is -0.490 e. The van der Waals surface area contributed by atoms with Gasteiger partial charge in [0.05, 0.1) is 0 Å². The topological polar surface area (TPSA) is 61.6 Å². The third-order valence-electron chi connectivity index (χ3n) is 2.80. The number of amides is 1. The first-order valence-corrected chi connectivity index (χ1v) is 6.42. The van der Waals surface area contributed by atoms with Crippen molar-refractivity contribution < 1.29 is 14.3 Å². The Labute approximate surface area is 118 Å². The number of primary amides is 1. The first-order chi connectivity index (χ1) is 9.75. The molecule has 0 atom stereocenters. The van der Waals surface area contributed by atoms with Gasteiger partial charge in [-0.15, -0.1) is 0 Å². The average Bonchev–Trinajstić information content (AvgIpc) is 2.46. The van der Waals surface area contributed by atoms with Crippen molar-refractivity contribution in [1.29, 1.82) is 0 Å². The number of hydrogen-bond acceptors (Lipinski definition) is 3. The summed E-state index contributed by atoms with van der Waals surface area (Å²) in [6.45, 7) is 0.434. The molecular weight excluding hydrogens is 254 g/mol. The van der Waals surface area contributed by atoms with Gasteiger partial charge in [0.2, 0.25) is 0 Å². The molecule has 2 N–H and O–H groups in total. The molecule has 4 nitrogen and oxygen atoms in total. The largest absolute Gasteiger partial charge is 0.490 e. The predicted molar refractivity (Wildman–Crippen MR) is 76.7 cm³/mol. The lowest BCUT2D eigenvalue weighted by Gasteiger charge is -2.11. The third kappa shape index (κ3) is 4.31. The van der Waals surface area contributed by atoms with Crippen molar-refractivity contribution in [3.63, 3.8) is 0 Å². The fraction of sp³-hybridized carbons (Fsp3) is 0.188. The van der Waals surface area contributed by atoms with Crippen LogP contribution in [0.1, 0.15) is 11.1 Å². The van der Waals surface area contributed by atoms with Crippen molar-refractivity contribution in [3.8, 4) is 5.75 Å². The molecule has 0 saturated carbocycles. The van der Waals surface area contributed by atoms with Gasteiger partial charge < -0.3 is 15.2 Å². The normalized spacial score (nSPS) is 10.0. The lowest BCUT2D eigenvalue weighted by molar-refractivity contribution is 0.133. The number of carbonyl (C=O) groups excluding carboxylic acids is 1. The van der Waals surface area contributed by atoms with E-state index >= 15 is 0 Å². The highest BCUT2D eigenvalue weighted by Crippen LogP contribution is 2.21. The fourth-order valence-corrected chi connectivity index (χ4v) is 1.90. The minimum absolute atomic E-state index is 0.148. The second-order valence-corrected chi connectivity index (χ2v) is 4.29. The zero-order valence-electron chi connectivity index (χ0n) is 11.1. The molecule has 4 heteroatoms. The summed E-state index contributed by atoms with van der Waals surface area (Å²) in [5, 5.41) is 0. The maximum Gasteiger partial charge on any atom is 0.404 e.